The van der Waals surface area contributed by atoms with E-state index < -0.39 is 0 Å². The van der Waals surface area contributed by atoms with Gasteiger partial charge in [-0.1, -0.05) is 22.0 Å². The molecule has 1 aliphatic heterocycles. The lowest BCUT2D eigenvalue weighted by Gasteiger charge is -2.11. The molecular weight excluding hydrogens is 279 g/mol. The van der Waals surface area contributed by atoms with Crippen molar-refractivity contribution in [2.45, 2.75) is 19.3 Å². The van der Waals surface area contributed by atoms with Gasteiger partial charge < -0.3 is 9.47 Å². The Morgan fingerprint density at radius 3 is 2.93 bits per heavy atom. The molecule has 2 nitrogen and oxygen atoms in total. The van der Waals surface area contributed by atoms with Crippen molar-refractivity contribution in [2.24, 2.45) is 0 Å². The topological polar surface area (TPSA) is 18.5 Å². The molecule has 0 bridgehead atoms. The molecule has 2 rings (SSSR count). The van der Waals surface area contributed by atoms with Gasteiger partial charge in [0.1, 0.15) is 0 Å². The van der Waals surface area contributed by atoms with E-state index in [2.05, 4.69) is 22.0 Å². The fraction of sp³-hybridized carbons (Fsp3) is 0.455. The van der Waals surface area contributed by atoms with Gasteiger partial charge in [0, 0.05) is 10.0 Å². The van der Waals surface area contributed by atoms with E-state index >= 15 is 0 Å². The third-order valence-electron chi connectivity index (χ3n) is 2.38. The molecule has 15 heavy (non-hydrogen) atoms. The third-order valence-corrected chi connectivity index (χ3v) is 3.61. The van der Waals surface area contributed by atoms with Gasteiger partial charge in [0.2, 0.25) is 0 Å². The molecule has 1 heterocycles. The van der Waals surface area contributed by atoms with Crippen LogP contribution in [-0.2, 0) is 9.47 Å². The van der Waals surface area contributed by atoms with Gasteiger partial charge in [-0.05, 0) is 24.6 Å². The van der Waals surface area contributed by atoms with Crippen molar-refractivity contribution in [1.29, 1.82) is 0 Å². The van der Waals surface area contributed by atoms with E-state index in [4.69, 9.17) is 21.1 Å². The van der Waals surface area contributed by atoms with Crippen LogP contribution >= 0.6 is 27.5 Å². The first-order valence-electron chi connectivity index (χ1n) is 4.80. The highest BCUT2D eigenvalue weighted by molar-refractivity contribution is 9.10. The second-order valence-corrected chi connectivity index (χ2v) is 4.75. The number of benzene rings is 1. The van der Waals surface area contributed by atoms with Crippen molar-refractivity contribution in [3.8, 4) is 0 Å². The van der Waals surface area contributed by atoms with E-state index in [0.717, 1.165) is 10.0 Å². The zero-order valence-electron chi connectivity index (χ0n) is 8.37. The molecule has 1 aliphatic rings. The maximum absolute atomic E-state index is 5.70. The second kappa shape index (κ2) is 4.83. The summed E-state index contributed by atoms with van der Waals surface area (Å²) in [5.41, 5.74) is 2.22. The second-order valence-electron chi connectivity index (χ2n) is 3.59. The van der Waals surface area contributed by atoms with E-state index in [-0.39, 0.29) is 12.4 Å². The van der Waals surface area contributed by atoms with Crippen molar-refractivity contribution in [2.75, 3.05) is 12.5 Å². The number of hydrogen-bond acceptors (Lipinski definition) is 2. The molecule has 1 fully saturated rings. The lowest BCUT2D eigenvalue weighted by Crippen LogP contribution is -2.10. The Morgan fingerprint density at radius 1 is 1.53 bits per heavy atom. The lowest BCUT2D eigenvalue weighted by molar-refractivity contribution is -0.0567. The molecule has 0 N–H and O–H groups in total. The van der Waals surface area contributed by atoms with Crippen LogP contribution in [0.5, 0.6) is 0 Å². The Balaban J connectivity index is 2.13. The zero-order valence-corrected chi connectivity index (χ0v) is 10.7. The Labute approximate surface area is 103 Å². The summed E-state index contributed by atoms with van der Waals surface area (Å²) in [7, 11) is 0. The first-order chi connectivity index (χ1) is 7.20. The number of ether oxygens (including phenoxy) is 2. The summed E-state index contributed by atoms with van der Waals surface area (Å²) in [4.78, 5) is 0. The number of alkyl halides is 1. The predicted octanol–water partition coefficient (Wildman–Crippen LogP) is 3.41. The van der Waals surface area contributed by atoms with E-state index in [0.29, 0.717) is 12.5 Å². The van der Waals surface area contributed by atoms with Gasteiger partial charge in [-0.3, -0.25) is 0 Å². The Hall–Kier alpha value is -0.0900. The van der Waals surface area contributed by atoms with Gasteiger partial charge in [0.25, 0.3) is 0 Å². The fourth-order valence-corrected chi connectivity index (χ4v) is 1.93. The van der Waals surface area contributed by atoms with Gasteiger partial charge in [0.15, 0.2) is 6.29 Å². The Morgan fingerprint density at radius 2 is 2.33 bits per heavy atom. The molecule has 1 aromatic rings. The molecule has 0 saturated carbocycles. The predicted molar refractivity (Wildman–Crippen MR) is 63.2 cm³/mol. The minimum Gasteiger partial charge on any atom is -0.346 e. The summed E-state index contributed by atoms with van der Waals surface area (Å²) in [6, 6.07) is 6.06. The summed E-state index contributed by atoms with van der Waals surface area (Å²) in [5, 5.41) is 0. The maximum atomic E-state index is 5.70. The van der Waals surface area contributed by atoms with Gasteiger partial charge in [-0.25, -0.2) is 0 Å². The molecule has 0 spiro atoms. The van der Waals surface area contributed by atoms with Crippen molar-refractivity contribution in [1.82, 2.24) is 0 Å². The van der Waals surface area contributed by atoms with Crippen LogP contribution in [0.15, 0.2) is 22.7 Å². The molecule has 2 unspecified atom stereocenters. The van der Waals surface area contributed by atoms with Crippen LogP contribution in [0.2, 0.25) is 0 Å². The first-order valence-corrected chi connectivity index (χ1v) is 6.12. The summed E-state index contributed by atoms with van der Waals surface area (Å²) in [6.45, 7) is 2.62. The highest BCUT2D eigenvalue weighted by Gasteiger charge is 2.26. The molecule has 1 saturated heterocycles. The van der Waals surface area contributed by atoms with E-state index in [1.54, 1.807) is 0 Å². The molecule has 2 atom stereocenters. The number of aryl methyl sites for hydroxylation is 1. The molecule has 1 aromatic carbocycles. The van der Waals surface area contributed by atoms with Crippen LogP contribution in [-0.4, -0.2) is 18.6 Å². The highest BCUT2D eigenvalue weighted by Crippen LogP contribution is 2.29. The van der Waals surface area contributed by atoms with Gasteiger partial charge >= 0.3 is 0 Å². The van der Waals surface area contributed by atoms with Gasteiger partial charge in [-0.2, -0.15) is 0 Å². The minimum atomic E-state index is -0.263. The van der Waals surface area contributed by atoms with Crippen molar-refractivity contribution < 1.29 is 9.47 Å². The monoisotopic (exact) mass is 290 g/mol. The fourth-order valence-electron chi connectivity index (χ4n) is 1.52. The molecular formula is C11H12BrClO2. The average molecular weight is 292 g/mol. The normalized spacial score (nSPS) is 25.8. The van der Waals surface area contributed by atoms with Crippen molar-refractivity contribution in [3.05, 3.63) is 33.8 Å². The maximum Gasteiger partial charge on any atom is 0.184 e. The molecule has 0 aliphatic carbocycles. The summed E-state index contributed by atoms with van der Waals surface area (Å²) < 4.78 is 12.2. The minimum absolute atomic E-state index is 0.0145. The van der Waals surface area contributed by atoms with Crippen molar-refractivity contribution >= 4 is 27.5 Å². The largest absolute Gasteiger partial charge is 0.346 e. The van der Waals surface area contributed by atoms with E-state index in [9.17, 15) is 0 Å². The molecule has 82 valence electrons. The number of hydrogen-bond donors (Lipinski definition) is 0. The smallest absolute Gasteiger partial charge is 0.184 e. The molecule has 0 amide bonds. The van der Waals surface area contributed by atoms with Gasteiger partial charge in [0.05, 0.1) is 18.6 Å². The molecule has 4 heteroatoms. The summed E-state index contributed by atoms with van der Waals surface area (Å²) >= 11 is 9.17. The van der Waals surface area contributed by atoms with Crippen LogP contribution in [0.1, 0.15) is 17.4 Å². The van der Waals surface area contributed by atoms with Crippen LogP contribution in [0.4, 0.5) is 0 Å². The number of halogens is 2. The summed E-state index contributed by atoms with van der Waals surface area (Å²) in [5.74, 6) is 0.478. The van der Waals surface area contributed by atoms with Crippen LogP contribution in [0.25, 0.3) is 0 Å². The van der Waals surface area contributed by atoms with Crippen LogP contribution in [0, 0.1) is 6.92 Å². The average Bonchev–Trinajstić information content (AvgIpc) is 2.70. The van der Waals surface area contributed by atoms with Crippen LogP contribution < -0.4 is 0 Å². The van der Waals surface area contributed by atoms with Crippen LogP contribution in [0.3, 0.4) is 0 Å². The Kier molecular flexibility index (Phi) is 3.67. The summed E-state index contributed by atoms with van der Waals surface area (Å²) in [6.07, 6.45) is -0.249. The third kappa shape index (κ3) is 2.53. The van der Waals surface area contributed by atoms with Gasteiger partial charge in [-0.15, -0.1) is 11.6 Å². The zero-order chi connectivity index (χ0) is 10.8. The Bertz CT molecular complexity index is 356. The van der Waals surface area contributed by atoms with E-state index in [1.165, 1.54) is 5.56 Å². The van der Waals surface area contributed by atoms with E-state index in [1.807, 2.05) is 19.1 Å². The van der Waals surface area contributed by atoms with Crippen molar-refractivity contribution in [3.63, 3.8) is 0 Å². The quantitative estimate of drug-likeness (QED) is 0.778. The lowest BCUT2D eigenvalue weighted by atomic mass is 10.1. The highest BCUT2D eigenvalue weighted by atomic mass is 79.9. The number of rotatable bonds is 2. The molecule has 0 aromatic heterocycles. The first kappa shape index (κ1) is 11.4. The molecule has 0 radical (unpaired) electrons. The SMILES string of the molecule is Cc1cc(C2OCC(CCl)O2)ccc1Br. The standard InChI is InChI=1S/C11H12BrClO2/c1-7-4-8(2-3-10(7)12)11-14-6-9(5-13)15-11/h2-4,9,11H,5-6H2,1H3.